The van der Waals surface area contributed by atoms with E-state index in [1.54, 1.807) is 0 Å². The zero-order valence-corrected chi connectivity index (χ0v) is 7.55. The fourth-order valence-corrected chi connectivity index (χ4v) is 1.64. The lowest BCUT2D eigenvalue weighted by atomic mass is 9.90. The normalized spacial score (nSPS) is 21.2. The van der Waals surface area contributed by atoms with Crippen molar-refractivity contribution in [1.82, 2.24) is 0 Å². The molecule has 1 aliphatic carbocycles. The van der Waals surface area contributed by atoms with Crippen molar-refractivity contribution in [3.8, 4) is 0 Å². The molecule has 0 unspecified atom stereocenters. The summed E-state index contributed by atoms with van der Waals surface area (Å²) in [7, 11) is 0. The summed E-state index contributed by atoms with van der Waals surface area (Å²) >= 11 is 0. The fourth-order valence-electron chi connectivity index (χ4n) is 1.64. The van der Waals surface area contributed by atoms with Crippen LogP contribution >= 0.6 is 0 Å². The number of aliphatic imine (C=N–C) groups is 1. The van der Waals surface area contributed by atoms with Gasteiger partial charge in [0.25, 0.3) is 0 Å². The van der Waals surface area contributed by atoms with Gasteiger partial charge < -0.3 is 0 Å². The van der Waals surface area contributed by atoms with Crippen LogP contribution in [0.25, 0.3) is 0 Å². The van der Waals surface area contributed by atoms with Gasteiger partial charge in [0.1, 0.15) is 0 Å². The standard InChI is InChI=1S/C10H19N/c1-2-8-11-9-10-6-4-3-5-7-10/h9-10H,2-8H2,1H3/b11-9+. The number of nitrogens with zero attached hydrogens (tertiary/aromatic N) is 1. The van der Waals surface area contributed by atoms with E-state index in [0.29, 0.717) is 0 Å². The van der Waals surface area contributed by atoms with Crippen molar-refractivity contribution < 1.29 is 0 Å². The van der Waals surface area contributed by atoms with Gasteiger partial charge >= 0.3 is 0 Å². The van der Waals surface area contributed by atoms with Crippen molar-refractivity contribution >= 4 is 6.21 Å². The second kappa shape index (κ2) is 5.34. The summed E-state index contributed by atoms with van der Waals surface area (Å²) in [6, 6.07) is 0. The first-order valence-corrected chi connectivity index (χ1v) is 4.93. The minimum atomic E-state index is 0.815. The van der Waals surface area contributed by atoms with E-state index in [4.69, 9.17) is 0 Å². The SMILES string of the molecule is CCC/N=C/C1CCCCC1. The predicted molar refractivity (Wildman–Crippen MR) is 50.2 cm³/mol. The summed E-state index contributed by atoms with van der Waals surface area (Å²) in [6.07, 6.45) is 10.4. The molecule has 1 heteroatoms. The van der Waals surface area contributed by atoms with E-state index >= 15 is 0 Å². The summed E-state index contributed by atoms with van der Waals surface area (Å²) in [5.74, 6) is 0.815. The Morgan fingerprint density at radius 1 is 1.27 bits per heavy atom. The molecule has 1 rings (SSSR count). The third kappa shape index (κ3) is 3.54. The quantitative estimate of drug-likeness (QED) is 0.553. The van der Waals surface area contributed by atoms with Crippen LogP contribution in [-0.4, -0.2) is 12.8 Å². The van der Waals surface area contributed by atoms with Crippen molar-refractivity contribution in [2.45, 2.75) is 45.4 Å². The van der Waals surface area contributed by atoms with Gasteiger partial charge in [-0.05, 0) is 25.2 Å². The third-order valence-electron chi connectivity index (χ3n) is 2.32. The van der Waals surface area contributed by atoms with Crippen LogP contribution in [0.3, 0.4) is 0 Å². The largest absolute Gasteiger partial charge is 0.297 e. The zero-order chi connectivity index (χ0) is 7.94. The Morgan fingerprint density at radius 2 is 2.00 bits per heavy atom. The number of rotatable bonds is 3. The molecule has 11 heavy (non-hydrogen) atoms. The van der Waals surface area contributed by atoms with Gasteiger partial charge in [-0.15, -0.1) is 0 Å². The molecule has 0 aromatic carbocycles. The predicted octanol–water partition coefficient (Wildman–Crippen LogP) is 3.05. The van der Waals surface area contributed by atoms with Crippen LogP contribution in [0.1, 0.15) is 45.4 Å². The number of hydrogen-bond acceptors (Lipinski definition) is 1. The Balaban J connectivity index is 2.13. The molecule has 0 aliphatic heterocycles. The van der Waals surface area contributed by atoms with Gasteiger partial charge in [-0.1, -0.05) is 26.2 Å². The monoisotopic (exact) mass is 153 g/mol. The van der Waals surface area contributed by atoms with E-state index in [2.05, 4.69) is 18.1 Å². The summed E-state index contributed by atoms with van der Waals surface area (Å²) in [4.78, 5) is 4.39. The average molecular weight is 153 g/mol. The minimum Gasteiger partial charge on any atom is -0.297 e. The van der Waals surface area contributed by atoms with Crippen molar-refractivity contribution in [3.63, 3.8) is 0 Å². The van der Waals surface area contributed by atoms with Crippen LogP contribution < -0.4 is 0 Å². The van der Waals surface area contributed by atoms with Crippen LogP contribution in [0.2, 0.25) is 0 Å². The highest BCUT2D eigenvalue weighted by molar-refractivity contribution is 5.60. The molecule has 0 bridgehead atoms. The number of hydrogen-bond donors (Lipinski definition) is 0. The van der Waals surface area contributed by atoms with Gasteiger partial charge in [-0.25, -0.2) is 0 Å². The smallest absolute Gasteiger partial charge is 0.0382 e. The van der Waals surface area contributed by atoms with Gasteiger partial charge in [0.2, 0.25) is 0 Å². The maximum atomic E-state index is 4.39. The molecule has 0 spiro atoms. The second-order valence-electron chi connectivity index (χ2n) is 3.45. The van der Waals surface area contributed by atoms with Gasteiger partial charge in [0.05, 0.1) is 0 Å². The maximum absolute atomic E-state index is 4.39. The first-order chi connectivity index (χ1) is 5.43. The molecule has 0 amide bonds. The zero-order valence-electron chi connectivity index (χ0n) is 7.55. The molecule has 0 heterocycles. The maximum Gasteiger partial charge on any atom is 0.0382 e. The second-order valence-corrected chi connectivity index (χ2v) is 3.45. The topological polar surface area (TPSA) is 12.4 Å². The van der Waals surface area contributed by atoms with Crippen LogP contribution in [-0.2, 0) is 0 Å². The Labute approximate surface area is 69.9 Å². The van der Waals surface area contributed by atoms with Crippen LogP contribution in [0, 0.1) is 5.92 Å². The minimum absolute atomic E-state index is 0.815. The fraction of sp³-hybridized carbons (Fsp3) is 0.900. The van der Waals surface area contributed by atoms with E-state index in [1.165, 1.54) is 38.5 Å². The molecule has 1 nitrogen and oxygen atoms in total. The van der Waals surface area contributed by atoms with Crippen molar-refractivity contribution in [2.75, 3.05) is 6.54 Å². The molecule has 1 fully saturated rings. The lowest BCUT2D eigenvalue weighted by molar-refractivity contribution is 0.444. The van der Waals surface area contributed by atoms with Crippen LogP contribution in [0.4, 0.5) is 0 Å². The molecule has 0 N–H and O–H groups in total. The summed E-state index contributed by atoms with van der Waals surface area (Å²) in [6.45, 7) is 3.20. The first-order valence-electron chi connectivity index (χ1n) is 4.93. The van der Waals surface area contributed by atoms with Crippen molar-refractivity contribution in [2.24, 2.45) is 10.9 Å². The lowest BCUT2D eigenvalue weighted by Crippen LogP contribution is -2.07. The van der Waals surface area contributed by atoms with Crippen LogP contribution in [0.15, 0.2) is 4.99 Å². The molecular weight excluding hydrogens is 134 g/mol. The van der Waals surface area contributed by atoms with E-state index in [0.717, 1.165) is 12.5 Å². The highest BCUT2D eigenvalue weighted by Crippen LogP contribution is 2.21. The average Bonchev–Trinajstić information content (AvgIpc) is 2.07. The Morgan fingerprint density at radius 3 is 2.64 bits per heavy atom. The molecular formula is C10H19N. The van der Waals surface area contributed by atoms with Crippen molar-refractivity contribution in [3.05, 3.63) is 0 Å². The molecule has 1 aliphatic rings. The van der Waals surface area contributed by atoms with E-state index in [1.807, 2.05) is 0 Å². The van der Waals surface area contributed by atoms with Gasteiger partial charge in [0, 0.05) is 12.8 Å². The third-order valence-corrected chi connectivity index (χ3v) is 2.32. The molecule has 0 radical (unpaired) electrons. The summed E-state index contributed by atoms with van der Waals surface area (Å²) in [5.41, 5.74) is 0. The van der Waals surface area contributed by atoms with Gasteiger partial charge in [-0.2, -0.15) is 0 Å². The molecule has 64 valence electrons. The van der Waals surface area contributed by atoms with E-state index in [9.17, 15) is 0 Å². The Hall–Kier alpha value is -0.330. The molecule has 0 aromatic heterocycles. The molecule has 1 saturated carbocycles. The Bertz CT molecular complexity index is 112. The highest BCUT2D eigenvalue weighted by Gasteiger charge is 2.09. The van der Waals surface area contributed by atoms with Crippen molar-refractivity contribution in [1.29, 1.82) is 0 Å². The molecule has 0 aromatic rings. The van der Waals surface area contributed by atoms with E-state index in [-0.39, 0.29) is 0 Å². The van der Waals surface area contributed by atoms with Gasteiger partial charge in [0.15, 0.2) is 0 Å². The molecule has 0 saturated heterocycles. The van der Waals surface area contributed by atoms with E-state index < -0.39 is 0 Å². The Kier molecular flexibility index (Phi) is 4.25. The summed E-state index contributed by atoms with van der Waals surface area (Å²) in [5, 5.41) is 0. The van der Waals surface area contributed by atoms with Gasteiger partial charge in [-0.3, -0.25) is 4.99 Å². The molecule has 0 atom stereocenters. The highest BCUT2D eigenvalue weighted by atomic mass is 14.7. The van der Waals surface area contributed by atoms with Crippen LogP contribution in [0.5, 0.6) is 0 Å². The first kappa shape index (κ1) is 8.76. The summed E-state index contributed by atoms with van der Waals surface area (Å²) < 4.78 is 0. The lowest BCUT2D eigenvalue weighted by Gasteiger charge is -2.16.